The number of halogens is 2. The molecule has 2 aromatic carbocycles. The Morgan fingerprint density at radius 2 is 1.86 bits per heavy atom. The summed E-state index contributed by atoms with van der Waals surface area (Å²) >= 11 is 12.5. The van der Waals surface area contributed by atoms with Gasteiger partial charge < -0.3 is 14.7 Å². The summed E-state index contributed by atoms with van der Waals surface area (Å²) in [5, 5.41) is 10.8. The van der Waals surface area contributed by atoms with Crippen LogP contribution in [0.5, 0.6) is 0 Å². The summed E-state index contributed by atoms with van der Waals surface area (Å²) in [6.45, 7) is 9.19. The lowest BCUT2D eigenvalue weighted by Gasteiger charge is -2.41. The molecule has 1 fully saturated rings. The van der Waals surface area contributed by atoms with E-state index >= 15 is 0 Å². The van der Waals surface area contributed by atoms with Crippen molar-refractivity contribution in [2.75, 3.05) is 11.9 Å². The van der Waals surface area contributed by atoms with Gasteiger partial charge in [0.15, 0.2) is 0 Å². The highest BCUT2D eigenvalue weighted by Crippen LogP contribution is 2.44. The standard InChI is InChI=1S/C29H33Cl2NO3/c1-28(2)13-12-18-14-20(7-11-26(18)35-28)29(3,4)24-16-22(31)9-10-25(24)32(5)17-19-6-8-21(30)15-23(19)27(33)34/h6-10,14-16,26H,11-13,17H2,1-5H3,(H,33,34). The molecule has 186 valence electrons. The smallest absolute Gasteiger partial charge is 0.336 e. The van der Waals surface area contributed by atoms with E-state index < -0.39 is 5.97 Å². The van der Waals surface area contributed by atoms with Crippen LogP contribution >= 0.6 is 23.2 Å². The molecule has 0 spiro atoms. The highest BCUT2D eigenvalue weighted by Gasteiger charge is 2.36. The second kappa shape index (κ2) is 9.65. The molecule has 1 aliphatic carbocycles. The molecule has 6 heteroatoms. The largest absolute Gasteiger partial charge is 0.478 e. The van der Waals surface area contributed by atoms with Gasteiger partial charge in [-0.25, -0.2) is 4.79 Å². The van der Waals surface area contributed by atoms with Gasteiger partial charge in [-0.2, -0.15) is 0 Å². The fourth-order valence-corrected chi connectivity index (χ4v) is 5.49. The highest BCUT2D eigenvalue weighted by molar-refractivity contribution is 6.31. The van der Waals surface area contributed by atoms with Crippen molar-refractivity contribution in [1.29, 1.82) is 0 Å². The highest BCUT2D eigenvalue weighted by atomic mass is 35.5. The third-order valence-electron chi connectivity index (χ3n) is 7.26. The molecule has 1 heterocycles. The van der Waals surface area contributed by atoms with Crippen LogP contribution in [0.1, 0.15) is 68.4 Å². The minimum absolute atomic E-state index is 0.0812. The summed E-state index contributed by atoms with van der Waals surface area (Å²) in [6, 6.07) is 10.9. The topological polar surface area (TPSA) is 49.8 Å². The summed E-state index contributed by atoms with van der Waals surface area (Å²) in [5.74, 6) is -0.987. The van der Waals surface area contributed by atoms with E-state index in [1.54, 1.807) is 12.1 Å². The first-order valence-corrected chi connectivity index (χ1v) is 12.7. The molecule has 4 nitrogen and oxygen atoms in total. The van der Waals surface area contributed by atoms with Gasteiger partial charge in [-0.1, -0.05) is 55.3 Å². The van der Waals surface area contributed by atoms with Crippen molar-refractivity contribution in [2.24, 2.45) is 0 Å². The zero-order valence-electron chi connectivity index (χ0n) is 21.0. The fourth-order valence-electron chi connectivity index (χ4n) is 5.14. The second-order valence-corrected chi connectivity index (χ2v) is 11.6. The maximum absolute atomic E-state index is 11.8. The molecule has 0 aromatic heterocycles. The third-order valence-corrected chi connectivity index (χ3v) is 7.73. The minimum atomic E-state index is -0.987. The number of carbonyl (C=O) groups is 1. The molecule has 0 saturated carbocycles. The average molecular weight is 514 g/mol. The summed E-state index contributed by atoms with van der Waals surface area (Å²) in [4.78, 5) is 13.9. The number of hydrogen-bond donors (Lipinski definition) is 1. The number of ether oxygens (including phenoxy) is 1. The molecule has 1 aliphatic heterocycles. The van der Waals surface area contributed by atoms with Gasteiger partial charge in [0.05, 0.1) is 17.3 Å². The first-order chi connectivity index (χ1) is 16.4. The molecule has 4 rings (SSSR count). The number of allylic oxidation sites excluding steroid dienone is 2. The maximum atomic E-state index is 11.8. The van der Waals surface area contributed by atoms with Crippen LogP contribution < -0.4 is 4.90 Å². The van der Waals surface area contributed by atoms with E-state index in [1.165, 1.54) is 17.2 Å². The van der Waals surface area contributed by atoms with Crippen molar-refractivity contribution in [2.45, 2.75) is 70.6 Å². The molecular weight excluding hydrogens is 481 g/mol. The van der Waals surface area contributed by atoms with Crippen molar-refractivity contribution in [3.8, 4) is 0 Å². The lowest BCUT2D eigenvalue weighted by atomic mass is 9.72. The van der Waals surface area contributed by atoms with E-state index in [2.05, 4.69) is 44.7 Å². The number of carboxylic acid groups (broad SMARTS) is 1. The number of rotatable bonds is 6. The van der Waals surface area contributed by atoms with Gasteiger partial charge in [-0.05, 0) is 85.7 Å². The summed E-state index contributed by atoms with van der Waals surface area (Å²) in [7, 11) is 1.98. The Bertz CT molecular complexity index is 1210. The Morgan fingerprint density at radius 1 is 1.17 bits per heavy atom. The zero-order chi connectivity index (χ0) is 25.5. The predicted octanol–water partition coefficient (Wildman–Crippen LogP) is 7.82. The normalized spacial score (nSPS) is 19.5. The lowest BCUT2D eigenvalue weighted by molar-refractivity contribution is -0.0795. The number of aromatic carboxylic acids is 1. The molecule has 2 aliphatic rings. The Morgan fingerprint density at radius 3 is 2.57 bits per heavy atom. The molecule has 1 unspecified atom stereocenters. The minimum Gasteiger partial charge on any atom is -0.478 e. The zero-order valence-corrected chi connectivity index (χ0v) is 22.5. The van der Waals surface area contributed by atoms with Crippen LogP contribution in [0.25, 0.3) is 0 Å². The monoisotopic (exact) mass is 513 g/mol. The Kier molecular flexibility index (Phi) is 7.11. The number of hydrogen-bond acceptors (Lipinski definition) is 3. The van der Waals surface area contributed by atoms with Crippen molar-refractivity contribution < 1.29 is 14.6 Å². The second-order valence-electron chi connectivity index (χ2n) is 10.7. The van der Waals surface area contributed by atoms with Crippen molar-refractivity contribution in [3.63, 3.8) is 0 Å². The first-order valence-electron chi connectivity index (χ1n) is 12.0. The van der Waals surface area contributed by atoms with Crippen LogP contribution in [0.4, 0.5) is 5.69 Å². The molecule has 35 heavy (non-hydrogen) atoms. The van der Waals surface area contributed by atoms with Crippen molar-refractivity contribution in [3.05, 3.63) is 86.4 Å². The van der Waals surface area contributed by atoms with Crippen LogP contribution in [0.2, 0.25) is 10.0 Å². The van der Waals surface area contributed by atoms with E-state index in [0.717, 1.165) is 30.5 Å². The maximum Gasteiger partial charge on any atom is 0.336 e. The Hall–Kier alpha value is -2.27. The average Bonchev–Trinajstić information content (AvgIpc) is 2.79. The van der Waals surface area contributed by atoms with Crippen LogP contribution in [-0.2, 0) is 16.7 Å². The molecular formula is C29H33Cl2NO3. The van der Waals surface area contributed by atoms with Gasteiger partial charge >= 0.3 is 5.97 Å². The van der Waals surface area contributed by atoms with Crippen molar-refractivity contribution >= 4 is 34.9 Å². The molecule has 0 amide bonds. The number of fused-ring (bicyclic) bond motifs is 1. The Labute approximate surface area is 218 Å². The van der Waals surface area contributed by atoms with Gasteiger partial charge in [-0.15, -0.1) is 0 Å². The van der Waals surface area contributed by atoms with E-state index in [4.69, 9.17) is 27.9 Å². The third kappa shape index (κ3) is 5.45. The van der Waals surface area contributed by atoms with E-state index in [0.29, 0.717) is 22.2 Å². The molecule has 1 atom stereocenters. The van der Waals surface area contributed by atoms with Crippen LogP contribution in [0, 0.1) is 0 Å². The number of benzene rings is 2. The van der Waals surface area contributed by atoms with Gasteiger partial charge in [0, 0.05) is 34.7 Å². The van der Waals surface area contributed by atoms with Crippen LogP contribution in [-0.4, -0.2) is 29.8 Å². The fraction of sp³-hybridized carbons (Fsp3) is 0.414. The molecule has 0 radical (unpaired) electrons. The van der Waals surface area contributed by atoms with Gasteiger partial charge in [0.2, 0.25) is 0 Å². The molecule has 1 saturated heterocycles. The number of anilines is 1. The Balaban J connectivity index is 1.67. The molecule has 1 N–H and O–H groups in total. The summed E-state index contributed by atoms with van der Waals surface area (Å²) in [6.07, 6.45) is 7.69. The number of carboxylic acids is 1. The molecule has 0 bridgehead atoms. The van der Waals surface area contributed by atoms with Crippen LogP contribution in [0.3, 0.4) is 0 Å². The van der Waals surface area contributed by atoms with Crippen molar-refractivity contribution in [1.82, 2.24) is 0 Å². The SMILES string of the molecule is CN(Cc1ccc(Cl)cc1C(=O)O)c1ccc(Cl)cc1C(C)(C)C1=CCC2OC(C)(C)CCC2=C1. The van der Waals surface area contributed by atoms with Crippen LogP contribution in [0.15, 0.2) is 59.7 Å². The summed E-state index contributed by atoms with van der Waals surface area (Å²) < 4.78 is 6.33. The lowest BCUT2D eigenvalue weighted by Crippen LogP contribution is -2.38. The van der Waals surface area contributed by atoms with E-state index in [9.17, 15) is 9.90 Å². The van der Waals surface area contributed by atoms with E-state index in [-0.39, 0.29) is 22.7 Å². The quantitative estimate of drug-likeness (QED) is 0.427. The number of nitrogens with zero attached hydrogens (tertiary/aromatic N) is 1. The predicted molar refractivity (Wildman–Crippen MR) is 144 cm³/mol. The van der Waals surface area contributed by atoms with Gasteiger partial charge in [-0.3, -0.25) is 0 Å². The van der Waals surface area contributed by atoms with Gasteiger partial charge in [0.25, 0.3) is 0 Å². The van der Waals surface area contributed by atoms with E-state index in [1.807, 2.05) is 25.2 Å². The first kappa shape index (κ1) is 25.8. The summed E-state index contributed by atoms with van der Waals surface area (Å²) in [5.41, 5.74) is 5.24. The van der Waals surface area contributed by atoms with Gasteiger partial charge in [0.1, 0.15) is 0 Å². The molecule has 2 aromatic rings.